The number of benzene rings is 1. The number of thioether (sulfide) groups is 1. The van der Waals surface area contributed by atoms with Gasteiger partial charge in [0, 0.05) is 25.4 Å². The first kappa shape index (κ1) is 19.8. The van der Waals surface area contributed by atoms with Gasteiger partial charge in [0.1, 0.15) is 0 Å². The van der Waals surface area contributed by atoms with Crippen LogP contribution in [0.5, 0.6) is 0 Å². The van der Waals surface area contributed by atoms with Crippen molar-refractivity contribution in [2.75, 3.05) is 13.3 Å². The molecule has 6 nitrogen and oxygen atoms in total. The smallest absolute Gasteiger partial charge is 0.223 e. The molecule has 0 saturated heterocycles. The summed E-state index contributed by atoms with van der Waals surface area (Å²) in [5.74, 6) is 1.87. The Hall–Kier alpha value is -1.29. The quantitative estimate of drug-likeness (QED) is 0.318. The van der Waals surface area contributed by atoms with Crippen molar-refractivity contribution in [2.24, 2.45) is 4.99 Å². The van der Waals surface area contributed by atoms with Crippen LogP contribution in [0.4, 0.5) is 0 Å². The van der Waals surface area contributed by atoms with Gasteiger partial charge in [-0.25, -0.2) is 0 Å². The van der Waals surface area contributed by atoms with Crippen molar-refractivity contribution in [3.8, 4) is 0 Å². The second-order valence-corrected chi connectivity index (χ2v) is 5.67. The lowest BCUT2D eigenvalue weighted by atomic mass is 10.1. The van der Waals surface area contributed by atoms with Gasteiger partial charge in [-0.1, -0.05) is 17.3 Å². The summed E-state index contributed by atoms with van der Waals surface area (Å²) in [5.41, 5.74) is 2.51. The molecule has 0 fully saturated rings. The standard InChI is InChI=1S/C15H21N5OS.HI/c1-10-5-6-12(13(7-10)22-4)8-17-15(16-3)18-9-14-19-11(2)21-20-14;/h5-7H,8-9H2,1-4H3,(H2,16,17,18);1H. The number of guanidine groups is 1. The number of halogens is 1. The van der Waals surface area contributed by atoms with E-state index in [9.17, 15) is 0 Å². The molecule has 2 rings (SSSR count). The van der Waals surface area contributed by atoms with Crippen molar-refractivity contribution in [3.05, 3.63) is 41.0 Å². The molecule has 8 heteroatoms. The van der Waals surface area contributed by atoms with E-state index in [0.717, 1.165) is 0 Å². The SMILES string of the molecule is CN=C(NCc1noc(C)n1)NCc1ccc(C)cc1SC.I. The molecular weight excluding hydrogens is 425 g/mol. The third-order valence-corrected chi connectivity index (χ3v) is 3.92. The van der Waals surface area contributed by atoms with Crippen LogP contribution in [-0.2, 0) is 13.1 Å². The molecule has 0 atom stereocenters. The average Bonchev–Trinajstić information content (AvgIpc) is 2.94. The highest BCUT2D eigenvalue weighted by Crippen LogP contribution is 2.21. The van der Waals surface area contributed by atoms with E-state index in [1.165, 1.54) is 16.0 Å². The van der Waals surface area contributed by atoms with Gasteiger partial charge in [-0.15, -0.1) is 35.7 Å². The lowest BCUT2D eigenvalue weighted by molar-refractivity contribution is 0.387. The van der Waals surface area contributed by atoms with E-state index in [4.69, 9.17) is 4.52 Å². The Balaban J connectivity index is 0.00000264. The molecule has 0 bridgehead atoms. The number of aliphatic imine (C=N–C) groups is 1. The van der Waals surface area contributed by atoms with Gasteiger partial charge in [-0.3, -0.25) is 4.99 Å². The van der Waals surface area contributed by atoms with Crippen molar-refractivity contribution >= 4 is 41.7 Å². The topological polar surface area (TPSA) is 75.3 Å². The van der Waals surface area contributed by atoms with Crippen LogP contribution in [0.15, 0.2) is 32.6 Å². The van der Waals surface area contributed by atoms with Crippen LogP contribution in [0.2, 0.25) is 0 Å². The van der Waals surface area contributed by atoms with E-state index in [0.29, 0.717) is 30.8 Å². The van der Waals surface area contributed by atoms with Gasteiger partial charge in [0.25, 0.3) is 0 Å². The van der Waals surface area contributed by atoms with Gasteiger partial charge in [0.2, 0.25) is 5.89 Å². The summed E-state index contributed by atoms with van der Waals surface area (Å²) < 4.78 is 4.94. The number of hydrogen-bond acceptors (Lipinski definition) is 5. The molecule has 0 spiro atoms. The lowest BCUT2D eigenvalue weighted by Crippen LogP contribution is -2.36. The molecule has 0 radical (unpaired) electrons. The molecule has 126 valence electrons. The van der Waals surface area contributed by atoms with E-state index in [1.54, 1.807) is 25.7 Å². The van der Waals surface area contributed by atoms with Crippen LogP contribution >= 0.6 is 35.7 Å². The molecule has 0 aliphatic carbocycles. The van der Waals surface area contributed by atoms with Crippen LogP contribution < -0.4 is 10.6 Å². The second-order valence-electron chi connectivity index (χ2n) is 4.82. The number of rotatable bonds is 5. The molecule has 23 heavy (non-hydrogen) atoms. The zero-order valence-corrected chi connectivity index (χ0v) is 16.9. The molecule has 0 aliphatic rings. The van der Waals surface area contributed by atoms with Gasteiger partial charge < -0.3 is 15.2 Å². The van der Waals surface area contributed by atoms with Crippen LogP contribution in [0.1, 0.15) is 22.8 Å². The molecule has 0 unspecified atom stereocenters. The Morgan fingerprint density at radius 1 is 1.26 bits per heavy atom. The van der Waals surface area contributed by atoms with Gasteiger partial charge >= 0.3 is 0 Å². The number of aromatic nitrogens is 2. The Labute approximate surface area is 157 Å². The molecule has 1 aromatic heterocycles. The number of hydrogen-bond donors (Lipinski definition) is 2. The van der Waals surface area contributed by atoms with Crippen LogP contribution in [0.3, 0.4) is 0 Å². The summed E-state index contributed by atoms with van der Waals surface area (Å²) in [5, 5.41) is 10.3. The molecule has 2 N–H and O–H groups in total. The number of aryl methyl sites for hydroxylation is 2. The minimum absolute atomic E-state index is 0. The highest BCUT2D eigenvalue weighted by molar-refractivity contribution is 14.0. The lowest BCUT2D eigenvalue weighted by Gasteiger charge is -2.13. The highest BCUT2D eigenvalue weighted by Gasteiger charge is 2.06. The first-order valence-electron chi connectivity index (χ1n) is 6.99. The molecule has 0 amide bonds. The Morgan fingerprint density at radius 3 is 2.61 bits per heavy atom. The fraction of sp³-hybridized carbons (Fsp3) is 0.400. The second kappa shape index (κ2) is 9.76. The first-order chi connectivity index (χ1) is 10.6. The zero-order valence-electron chi connectivity index (χ0n) is 13.7. The summed E-state index contributed by atoms with van der Waals surface area (Å²) >= 11 is 1.75. The summed E-state index contributed by atoms with van der Waals surface area (Å²) in [6.45, 7) is 5.05. The first-order valence-corrected chi connectivity index (χ1v) is 8.22. The zero-order chi connectivity index (χ0) is 15.9. The molecule has 1 heterocycles. The molecular formula is C15H22IN5OS. The summed E-state index contributed by atoms with van der Waals surface area (Å²) in [6.07, 6.45) is 2.09. The fourth-order valence-electron chi connectivity index (χ4n) is 1.97. The predicted octanol–water partition coefficient (Wildman–Crippen LogP) is 2.89. The monoisotopic (exact) mass is 447 g/mol. The van der Waals surface area contributed by atoms with Crippen LogP contribution in [-0.4, -0.2) is 29.4 Å². The fourth-order valence-corrected chi connectivity index (χ4v) is 2.68. The van der Waals surface area contributed by atoms with Gasteiger partial charge in [-0.05, 0) is 30.4 Å². The van der Waals surface area contributed by atoms with Gasteiger partial charge in [-0.2, -0.15) is 4.98 Å². The number of nitrogens with zero attached hydrogens (tertiary/aromatic N) is 3. The van der Waals surface area contributed by atoms with E-state index < -0.39 is 0 Å². The van der Waals surface area contributed by atoms with E-state index in [1.807, 2.05) is 0 Å². The summed E-state index contributed by atoms with van der Waals surface area (Å²) in [6, 6.07) is 6.46. The maximum atomic E-state index is 4.94. The van der Waals surface area contributed by atoms with Gasteiger partial charge in [0.05, 0.1) is 6.54 Å². The van der Waals surface area contributed by atoms with E-state index in [-0.39, 0.29) is 24.0 Å². The Kier molecular flexibility index (Phi) is 8.38. The average molecular weight is 447 g/mol. The predicted molar refractivity (Wildman–Crippen MR) is 104 cm³/mol. The van der Waals surface area contributed by atoms with Crippen LogP contribution in [0, 0.1) is 13.8 Å². The van der Waals surface area contributed by atoms with E-state index >= 15 is 0 Å². The van der Waals surface area contributed by atoms with Crippen molar-refractivity contribution in [2.45, 2.75) is 31.8 Å². The van der Waals surface area contributed by atoms with Crippen molar-refractivity contribution in [3.63, 3.8) is 0 Å². The molecule has 0 aliphatic heterocycles. The van der Waals surface area contributed by atoms with Gasteiger partial charge in [0.15, 0.2) is 11.8 Å². The molecule has 2 aromatic rings. The van der Waals surface area contributed by atoms with Crippen LogP contribution in [0.25, 0.3) is 0 Å². The molecule has 1 aromatic carbocycles. The minimum Gasteiger partial charge on any atom is -0.352 e. The van der Waals surface area contributed by atoms with Crippen molar-refractivity contribution in [1.29, 1.82) is 0 Å². The van der Waals surface area contributed by atoms with E-state index in [2.05, 4.69) is 57.1 Å². The van der Waals surface area contributed by atoms with Crippen molar-refractivity contribution in [1.82, 2.24) is 20.8 Å². The minimum atomic E-state index is 0. The Bertz CT molecular complexity index is 659. The molecule has 0 saturated carbocycles. The largest absolute Gasteiger partial charge is 0.352 e. The maximum Gasteiger partial charge on any atom is 0.223 e. The third kappa shape index (κ3) is 6.02. The summed E-state index contributed by atoms with van der Waals surface area (Å²) in [7, 11) is 1.74. The van der Waals surface area contributed by atoms with Crippen molar-refractivity contribution < 1.29 is 4.52 Å². The third-order valence-electron chi connectivity index (χ3n) is 3.10. The maximum absolute atomic E-state index is 4.94. The summed E-state index contributed by atoms with van der Waals surface area (Å²) in [4.78, 5) is 9.62. The normalized spacial score (nSPS) is 11.0. The number of nitrogens with one attached hydrogen (secondary N) is 2. The Morgan fingerprint density at radius 2 is 2.00 bits per heavy atom. The highest BCUT2D eigenvalue weighted by atomic mass is 127.